The normalized spacial score (nSPS) is 24.9. The van der Waals surface area contributed by atoms with Gasteiger partial charge in [0.05, 0.1) is 0 Å². The first-order valence-corrected chi connectivity index (χ1v) is 5.41. The number of benzene rings is 1. The molecule has 82 valence electrons. The van der Waals surface area contributed by atoms with Crippen LogP contribution in [0.4, 0.5) is 0 Å². The second kappa shape index (κ2) is 3.62. The zero-order chi connectivity index (χ0) is 11.1. The van der Waals surface area contributed by atoms with Crippen LogP contribution in [0.25, 0.3) is 0 Å². The molecular formula is C13H19NO. The van der Waals surface area contributed by atoms with Gasteiger partial charge in [0.15, 0.2) is 0 Å². The monoisotopic (exact) mass is 205 g/mol. The van der Waals surface area contributed by atoms with Crippen molar-refractivity contribution in [3.8, 4) is 0 Å². The highest BCUT2D eigenvalue weighted by atomic mass is 16.5. The van der Waals surface area contributed by atoms with E-state index in [1.54, 1.807) is 7.11 Å². The van der Waals surface area contributed by atoms with Crippen LogP contribution in [0.3, 0.4) is 0 Å². The molecule has 2 heteroatoms. The minimum atomic E-state index is 0.112. The molecule has 1 aliphatic rings. The van der Waals surface area contributed by atoms with Crippen LogP contribution in [-0.4, -0.2) is 24.1 Å². The molecule has 1 aromatic rings. The minimum Gasteiger partial charge on any atom is -0.362 e. The molecular weight excluding hydrogens is 186 g/mol. The summed E-state index contributed by atoms with van der Waals surface area (Å²) in [5, 5.41) is 0. The lowest BCUT2D eigenvalue weighted by Crippen LogP contribution is -2.18. The molecule has 0 radical (unpaired) electrons. The van der Waals surface area contributed by atoms with Crippen molar-refractivity contribution >= 4 is 0 Å². The Labute approximate surface area is 91.9 Å². The molecule has 0 spiro atoms. The van der Waals surface area contributed by atoms with Crippen LogP contribution in [0.2, 0.25) is 0 Å². The summed E-state index contributed by atoms with van der Waals surface area (Å²) in [6.45, 7) is 7.70. The molecule has 0 aromatic heterocycles. The Balaban J connectivity index is 2.17. The fourth-order valence-electron chi connectivity index (χ4n) is 1.96. The van der Waals surface area contributed by atoms with Gasteiger partial charge in [-0.05, 0) is 26.3 Å². The highest BCUT2D eigenvalue weighted by Gasteiger charge is 2.47. The van der Waals surface area contributed by atoms with Gasteiger partial charge in [-0.3, -0.25) is 4.90 Å². The van der Waals surface area contributed by atoms with Crippen molar-refractivity contribution in [2.24, 2.45) is 0 Å². The minimum absolute atomic E-state index is 0.112. The zero-order valence-corrected chi connectivity index (χ0v) is 9.95. The molecule has 1 saturated heterocycles. The Morgan fingerprint density at radius 3 is 2.20 bits per heavy atom. The molecule has 2 unspecified atom stereocenters. The van der Waals surface area contributed by atoms with Gasteiger partial charge in [0.25, 0.3) is 0 Å². The fourth-order valence-corrected chi connectivity index (χ4v) is 1.96. The van der Waals surface area contributed by atoms with Crippen molar-refractivity contribution in [2.75, 3.05) is 13.7 Å². The molecule has 0 amide bonds. The predicted molar refractivity (Wildman–Crippen MR) is 61.7 cm³/mol. The third kappa shape index (κ3) is 2.06. The third-order valence-electron chi connectivity index (χ3n) is 3.10. The van der Waals surface area contributed by atoms with Gasteiger partial charge in [0, 0.05) is 19.2 Å². The van der Waals surface area contributed by atoms with Gasteiger partial charge in [-0.15, -0.1) is 0 Å². The summed E-state index contributed by atoms with van der Waals surface area (Å²) in [4.78, 5) is 2.36. The van der Waals surface area contributed by atoms with Crippen molar-refractivity contribution in [1.29, 1.82) is 0 Å². The Hall–Kier alpha value is -0.860. The van der Waals surface area contributed by atoms with E-state index in [2.05, 4.69) is 49.9 Å². The molecule has 0 aliphatic carbocycles. The van der Waals surface area contributed by atoms with E-state index in [0.717, 1.165) is 6.54 Å². The Morgan fingerprint density at radius 1 is 1.27 bits per heavy atom. The molecule has 1 aromatic carbocycles. The van der Waals surface area contributed by atoms with Crippen LogP contribution in [0.1, 0.15) is 31.2 Å². The first-order chi connectivity index (χ1) is 7.04. The summed E-state index contributed by atoms with van der Waals surface area (Å²) in [6.07, 6.45) is 0.112. The lowest BCUT2D eigenvalue weighted by Gasteiger charge is -2.20. The van der Waals surface area contributed by atoms with Gasteiger partial charge >= 0.3 is 0 Å². The van der Waals surface area contributed by atoms with Gasteiger partial charge in [0.2, 0.25) is 0 Å². The van der Waals surface area contributed by atoms with Crippen LogP contribution in [0, 0.1) is 6.92 Å². The van der Waals surface area contributed by atoms with Crippen molar-refractivity contribution in [2.45, 2.75) is 32.5 Å². The van der Waals surface area contributed by atoms with E-state index in [-0.39, 0.29) is 6.23 Å². The highest BCUT2D eigenvalue weighted by Crippen LogP contribution is 2.40. The lowest BCUT2D eigenvalue weighted by atomic mass is 10.1. The van der Waals surface area contributed by atoms with E-state index in [0.29, 0.717) is 5.54 Å². The first-order valence-electron chi connectivity index (χ1n) is 5.41. The summed E-state index contributed by atoms with van der Waals surface area (Å²) >= 11 is 0. The van der Waals surface area contributed by atoms with E-state index in [4.69, 9.17) is 4.74 Å². The van der Waals surface area contributed by atoms with Crippen LogP contribution in [0.5, 0.6) is 0 Å². The largest absolute Gasteiger partial charge is 0.362 e. The van der Waals surface area contributed by atoms with Crippen molar-refractivity contribution in [3.63, 3.8) is 0 Å². The van der Waals surface area contributed by atoms with Crippen LogP contribution < -0.4 is 0 Å². The molecule has 1 heterocycles. The van der Waals surface area contributed by atoms with Crippen molar-refractivity contribution < 1.29 is 4.74 Å². The van der Waals surface area contributed by atoms with E-state index < -0.39 is 0 Å². The van der Waals surface area contributed by atoms with Gasteiger partial charge < -0.3 is 4.74 Å². The molecule has 2 rings (SSSR count). The van der Waals surface area contributed by atoms with Gasteiger partial charge in [0.1, 0.15) is 6.23 Å². The standard InChI is InChI=1S/C13H19NO/c1-10-5-7-11(8-6-10)12(15-4)14-9-13(14,2)3/h5-8,12H,9H2,1-4H3. The van der Waals surface area contributed by atoms with E-state index >= 15 is 0 Å². The summed E-state index contributed by atoms with van der Waals surface area (Å²) in [6, 6.07) is 8.57. The highest BCUT2D eigenvalue weighted by molar-refractivity contribution is 5.24. The van der Waals surface area contributed by atoms with Crippen LogP contribution >= 0.6 is 0 Å². The van der Waals surface area contributed by atoms with Crippen LogP contribution in [0.15, 0.2) is 24.3 Å². The Morgan fingerprint density at radius 2 is 1.80 bits per heavy atom. The Kier molecular flexibility index (Phi) is 2.57. The average Bonchev–Trinajstić information content (AvgIpc) is 2.80. The quantitative estimate of drug-likeness (QED) is 0.703. The van der Waals surface area contributed by atoms with E-state index in [1.807, 2.05) is 0 Å². The van der Waals surface area contributed by atoms with Crippen molar-refractivity contribution in [1.82, 2.24) is 4.90 Å². The summed E-state index contributed by atoms with van der Waals surface area (Å²) < 4.78 is 5.56. The van der Waals surface area contributed by atoms with Gasteiger partial charge in [-0.1, -0.05) is 29.8 Å². The number of aryl methyl sites for hydroxylation is 1. The maximum Gasteiger partial charge on any atom is 0.136 e. The molecule has 0 bridgehead atoms. The molecule has 2 nitrogen and oxygen atoms in total. The topological polar surface area (TPSA) is 12.2 Å². The molecule has 1 fully saturated rings. The molecule has 0 N–H and O–H groups in total. The Bertz CT molecular complexity index is 342. The SMILES string of the molecule is COC(c1ccc(C)cc1)N1CC1(C)C. The smallest absolute Gasteiger partial charge is 0.136 e. The second-order valence-corrected chi connectivity index (χ2v) is 4.94. The number of ether oxygens (including phenoxy) is 1. The number of nitrogens with zero attached hydrogens (tertiary/aromatic N) is 1. The predicted octanol–water partition coefficient (Wildman–Crippen LogP) is 2.73. The maximum absolute atomic E-state index is 5.56. The average molecular weight is 205 g/mol. The number of hydrogen-bond donors (Lipinski definition) is 0. The fraction of sp³-hybridized carbons (Fsp3) is 0.538. The van der Waals surface area contributed by atoms with Crippen LogP contribution in [-0.2, 0) is 4.74 Å². The molecule has 15 heavy (non-hydrogen) atoms. The zero-order valence-electron chi connectivity index (χ0n) is 9.95. The summed E-state index contributed by atoms with van der Waals surface area (Å²) in [7, 11) is 1.78. The maximum atomic E-state index is 5.56. The number of hydrogen-bond acceptors (Lipinski definition) is 2. The van der Waals surface area contributed by atoms with E-state index in [1.165, 1.54) is 11.1 Å². The molecule has 1 aliphatic heterocycles. The van der Waals surface area contributed by atoms with Gasteiger partial charge in [-0.2, -0.15) is 0 Å². The molecule has 2 atom stereocenters. The van der Waals surface area contributed by atoms with Gasteiger partial charge in [-0.25, -0.2) is 0 Å². The van der Waals surface area contributed by atoms with Crippen molar-refractivity contribution in [3.05, 3.63) is 35.4 Å². The summed E-state index contributed by atoms with van der Waals surface area (Å²) in [5.74, 6) is 0. The first kappa shape index (κ1) is 10.7. The lowest BCUT2D eigenvalue weighted by molar-refractivity contribution is 0.0129. The third-order valence-corrected chi connectivity index (χ3v) is 3.10. The number of methoxy groups -OCH3 is 1. The number of rotatable bonds is 3. The molecule has 0 saturated carbocycles. The second-order valence-electron chi connectivity index (χ2n) is 4.94. The van der Waals surface area contributed by atoms with E-state index in [9.17, 15) is 0 Å². The summed E-state index contributed by atoms with van der Waals surface area (Å²) in [5.41, 5.74) is 2.83.